The third-order valence-electron chi connectivity index (χ3n) is 1.31. The second-order valence-corrected chi connectivity index (χ2v) is 2.09. The molecule has 1 heterocycles. The van der Waals surface area contributed by atoms with Gasteiger partial charge in [0.05, 0.1) is 11.4 Å². The van der Waals surface area contributed by atoms with Gasteiger partial charge < -0.3 is 0 Å². The van der Waals surface area contributed by atoms with Crippen LogP contribution < -0.4 is 5.12 Å². The van der Waals surface area contributed by atoms with Gasteiger partial charge in [0.25, 0.3) is 0 Å². The van der Waals surface area contributed by atoms with E-state index in [9.17, 15) is 4.48 Å². The molecule has 0 bridgehead atoms. The van der Waals surface area contributed by atoms with Gasteiger partial charge in [0.1, 0.15) is 0 Å². The van der Waals surface area contributed by atoms with Gasteiger partial charge >= 0.3 is 0 Å². The van der Waals surface area contributed by atoms with Crippen molar-refractivity contribution >= 4 is 5.69 Å². The molecule has 0 aromatic carbocycles. The smallest absolute Gasteiger partial charge is 0.0896 e. The van der Waals surface area contributed by atoms with Crippen LogP contribution in [0.2, 0.25) is 0 Å². The van der Waals surface area contributed by atoms with Crippen LogP contribution in [0.25, 0.3) is 0 Å². The highest BCUT2D eigenvalue weighted by molar-refractivity contribution is 5.46. The second-order valence-electron chi connectivity index (χ2n) is 2.09. The first-order valence-electron chi connectivity index (χ1n) is 4.03. The Morgan fingerprint density at radius 1 is 1.42 bits per heavy atom. The van der Waals surface area contributed by atoms with Gasteiger partial charge in [-0.15, -0.1) is 4.48 Å². The zero-order valence-electron chi connectivity index (χ0n) is 8.00. The van der Waals surface area contributed by atoms with E-state index in [0.717, 1.165) is 0 Å². The lowest BCUT2D eigenvalue weighted by atomic mass is 10.3. The molecule has 0 saturated heterocycles. The molecule has 0 aliphatic carbocycles. The van der Waals surface area contributed by atoms with E-state index < -0.39 is 0 Å². The van der Waals surface area contributed by atoms with Crippen molar-refractivity contribution in [1.29, 1.82) is 0 Å². The molecule has 0 aliphatic rings. The molecule has 0 atom stereocenters. The molecule has 2 nitrogen and oxygen atoms in total. The predicted octanol–water partition coefficient (Wildman–Crippen LogP) is 2.74. The number of hydrogen-bond donors (Lipinski definition) is 0. The number of halogens is 1. The van der Waals surface area contributed by atoms with Crippen molar-refractivity contribution in [3.05, 3.63) is 24.0 Å². The van der Waals surface area contributed by atoms with E-state index in [4.69, 9.17) is 0 Å². The van der Waals surface area contributed by atoms with Crippen LogP contribution >= 0.6 is 0 Å². The molecule has 0 unspecified atom stereocenters. The van der Waals surface area contributed by atoms with Crippen LogP contribution in [-0.4, -0.2) is 12.0 Å². The summed E-state index contributed by atoms with van der Waals surface area (Å²) in [7, 11) is 1.35. The first-order valence-corrected chi connectivity index (χ1v) is 4.03. The Morgan fingerprint density at radius 3 is 2.33 bits per heavy atom. The molecule has 0 spiro atoms. The van der Waals surface area contributed by atoms with Gasteiger partial charge in [-0.1, -0.05) is 13.8 Å². The Bertz CT molecular complexity index is 224. The SMILES string of the molecule is CC.Cc1ncccc1N(C)F. The molecule has 68 valence electrons. The number of pyridine rings is 1. The highest BCUT2D eigenvalue weighted by Gasteiger charge is 2.00. The average Bonchev–Trinajstić information content (AvgIpc) is 2.08. The van der Waals surface area contributed by atoms with Crippen LogP contribution in [0.4, 0.5) is 10.2 Å². The molecular formula is C9H15FN2. The summed E-state index contributed by atoms with van der Waals surface area (Å²) in [5.74, 6) is 0. The lowest BCUT2D eigenvalue weighted by Gasteiger charge is -2.07. The summed E-state index contributed by atoms with van der Waals surface area (Å²) in [6, 6.07) is 3.39. The predicted molar refractivity (Wildman–Crippen MR) is 49.8 cm³/mol. The monoisotopic (exact) mass is 170 g/mol. The van der Waals surface area contributed by atoms with Crippen molar-refractivity contribution in [1.82, 2.24) is 4.98 Å². The largest absolute Gasteiger partial charge is 0.259 e. The van der Waals surface area contributed by atoms with Crippen LogP contribution in [0.3, 0.4) is 0 Å². The average molecular weight is 170 g/mol. The molecule has 1 aromatic heterocycles. The maximum Gasteiger partial charge on any atom is 0.0896 e. The van der Waals surface area contributed by atoms with E-state index in [0.29, 0.717) is 16.5 Å². The van der Waals surface area contributed by atoms with E-state index >= 15 is 0 Å². The number of aryl methyl sites for hydroxylation is 1. The minimum absolute atomic E-state index is 0.516. The Labute approximate surface area is 73.0 Å². The fourth-order valence-electron chi connectivity index (χ4n) is 0.801. The van der Waals surface area contributed by atoms with Crippen molar-refractivity contribution in [3.63, 3.8) is 0 Å². The fraction of sp³-hybridized carbons (Fsp3) is 0.444. The fourth-order valence-corrected chi connectivity index (χ4v) is 0.801. The highest BCUT2D eigenvalue weighted by Crippen LogP contribution is 2.14. The van der Waals surface area contributed by atoms with Crippen LogP contribution in [-0.2, 0) is 0 Å². The first-order chi connectivity index (χ1) is 5.72. The van der Waals surface area contributed by atoms with Crippen LogP contribution in [0.5, 0.6) is 0 Å². The molecule has 0 aliphatic heterocycles. The maximum atomic E-state index is 12.5. The molecule has 0 radical (unpaired) electrons. The summed E-state index contributed by atoms with van der Waals surface area (Å²) in [6.07, 6.45) is 1.64. The van der Waals surface area contributed by atoms with Gasteiger partial charge in [-0.2, -0.15) is 0 Å². The van der Waals surface area contributed by atoms with E-state index in [1.54, 1.807) is 25.3 Å². The van der Waals surface area contributed by atoms with E-state index in [2.05, 4.69) is 4.98 Å². The molecule has 0 saturated carbocycles. The lowest BCUT2D eigenvalue weighted by molar-refractivity contribution is 0.474. The number of anilines is 1. The summed E-state index contributed by atoms with van der Waals surface area (Å²) in [5.41, 5.74) is 1.22. The summed E-state index contributed by atoms with van der Waals surface area (Å²) >= 11 is 0. The van der Waals surface area contributed by atoms with Gasteiger partial charge in [-0.3, -0.25) is 4.98 Å². The number of hydrogen-bond acceptors (Lipinski definition) is 2. The van der Waals surface area contributed by atoms with Crippen LogP contribution in [0.15, 0.2) is 18.3 Å². The van der Waals surface area contributed by atoms with E-state index in [-0.39, 0.29) is 0 Å². The molecular weight excluding hydrogens is 155 g/mol. The Balaban J connectivity index is 0.000000561. The standard InChI is InChI=1S/C7H9FN2.C2H6/c1-6-7(10(2)8)4-3-5-9-6;1-2/h3-5H,1-2H3;1-2H3. The quantitative estimate of drug-likeness (QED) is 0.602. The molecule has 1 aromatic rings. The molecule has 0 N–H and O–H groups in total. The lowest BCUT2D eigenvalue weighted by Crippen LogP contribution is -2.04. The summed E-state index contributed by atoms with van der Waals surface area (Å²) < 4.78 is 12.5. The van der Waals surface area contributed by atoms with Crippen LogP contribution in [0, 0.1) is 6.92 Å². The normalized spacial score (nSPS) is 8.42. The van der Waals surface area contributed by atoms with Crippen molar-refractivity contribution in [2.24, 2.45) is 0 Å². The number of aromatic nitrogens is 1. The molecule has 0 fully saturated rings. The van der Waals surface area contributed by atoms with Gasteiger partial charge in [0.2, 0.25) is 0 Å². The van der Waals surface area contributed by atoms with Gasteiger partial charge in [0, 0.05) is 13.2 Å². The zero-order valence-corrected chi connectivity index (χ0v) is 8.00. The van der Waals surface area contributed by atoms with Crippen molar-refractivity contribution < 1.29 is 4.48 Å². The highest BCUT2D eigenvalue weighted by atomic mass is 19.2. The maximum absolute atomic E-state index is 12.5. The zero-order chi connectivity index (χ0) is 9.56. The topological polar surface area (TPSA) is 16.1 Å². The Kier molecular flexibility index (Phi) is 5.00. The van der Waals surface area contributed by atoms with Crippen molar-refractivity contribution in [3.8, 4) is 0 Å². The Hall–Kier alpha value is -1.12. The minimum Gasteiger partial charge on any atom is -0.259 e. The first kappa shape index (κ1) is 10.9. The number of rotatable bonds is 1. The van der Waals surface area contributed by atoms with Crippen molar-refractivity contribution in [2.45, 2.75) is 20.8 Å². The summed E-state index contributed by atoms with van der Waals surface area (Å²) in [6.45, 7) is 5.77. The minimum atomic E-state index is 0.516. The third kappa shape index (κ3) is 2.86. The summed E-state index contributed by atoms with van der Waals surface area (Å²) in [4.78, 5) is 3.92. The molecule has 0 amide bonds. The van der Waals surface area contributed by atoms with Crippen LogP contribution in [0.1, 0.15) is 19.5 Å². The summed E-state index contributed by atoms with van der Waals surface area (Å²) in [5, 5.41) is 0.558. The van der Waals surface area contributed by atoms with Gasteiger partial charge in [-0.25, -0.2) is 5.12 Å². The number of nitrogens with zero attached hydrogens (tertiary/aromatic N) is 2. The van der Waals surface area contributed by atoms with Gasteiger partial charge in [0.15, 0.2) is 0 Å². The van der Waals surface area contributed by atoms with E-state index in [1.807, 2.05) is 13.8 Å². The third-order valence-corrected chi connectivity index (χ3v) is 1.31. The Morgan fingerprint density at radius 2 is 2.00 bits per heavy atom. The van der Waals surface area contributed by atoms with Crippen molar-refractivity contribution in [2.75, 3.05) is 12.2 Å². The molecule has 1 rings (SSSR count). The second kappa shape index (κ2) is 5.52. The molecule has 3 heteroatoms. The molecule has 12 heavy (non-hydrogen) atoms. The van der Waals surface area contributed by atoms with E-state index in [1.165, 1.54) is 7.05 Å². The van der Waals surface area contributed by atoms with Gasteiger partial charge in [-0.05, 0) is 19.1 Å².